The topological polar surface area (TPSA) is 48.1 Å². The first kappa shape index (κ1) is 25.3. The van der Waals surface area contributed by atoms with Gasteiger partial charge in [0, 0.05) is 6.42 Å². The fourth-order valence-corrected chi connectivity index (χ4v) is 3.58. The molecule has 0 spiro atoms. The van der Waals surface area contributed by atoms with Crippen molar-refractivity contribution < 1.29 is 19.0 Å². The molecule has 1 aliphatic rings. The molecule has 1 fully saturated rings. The number of ether oxygens (including phenoxy) is 3. The molecule has 0 unspecified atom stereocenters. The summed E-state index contributed by atoms with van der Waals surface area (Å²) in [4.78, 5) is 12.0. The maximum atomic E-state index is 12.0. The average molecular weight is 399 g/mol. The quantitative estimate of drug-likeness (QED) is 0.153. The molecule has 1 heterocycles. The van der Waals surface area contributed by atoms with Gasteiger partial charge in [-0.2, -0.15) is 0 Å². The first-order valence-corrected chi connectivity index (χ1v) is 11.9. The van der Waals surface area contributed by atoms with Crippen LogP contribution in [-0.2, 0) is 14.2 Å². The van der Waals surface area contributed by atoms with Crippen LogP contribution in [0.25, 0.3) is 0 Å². The third-order valence-electron chi connectivity index (χ3n) is 5.36. The van der Waals surface area contributed by atoms with E-state index >= 15 is 0 Å². The van der Waals surface area contributed by atoms with Crippen LogP contribution in [0.4, 0.5) is 4.79 Å². The highest BCUT2D eigenvalue weighted by Gasteiger charge is 2.37. The summed E-state index contributed by atoms with van der Waals surface area (Å²) >= 11 is 0. The van der Waals surface area contributed by atoms with Crippen molar-refractivity contribution in [3.05, 3.63) is 0 Å². The van der Waals surface area contributed by atoms with Crippen LogP contribution in [-0.4, -0.2) is 30.1 Å². The molecule has 1 aliphatic heterocycles. The Morgan fingerprint density at radius 3 is 1.79 bits per heavy atom. The Kier molecular flexibility index (Phi) is 12.9. The third kappa shape index (κ3) is 14.3. The van der Waals surface area contributed by atoms with E-state index in [9.17, 15) is 4.79 Å². The van der Waals surface area contributed by atoms with Crippen molar-refractivity contribution in [3.8, 4) is 0 Å². The lowest BCUT2D eigenvalue weighted by Gasteiger charge is -2.22. The highest BCUT2D eigenvalue weighted by molar-refractivity contribution is 5.60. The monoisotopic (exact) mass is 398 g/mol. The summed E-state index contributed by atoms with van der Waals surface area (Å²) < 4.78 is 16.4. The molecule has 28 heavy (non-hydrogen) atoms. The van der Waals surface area contributed by atoms with Gasteiger partial charge >= 0.3 is 6.16 Å². The number of hydrogen-bond donors (Lipinski definition) is 0. The van der Waals surface area contributed by atoms with Gasteiger partial charge in [0.05, 0.1) is 12.2 Å². The average Bonchev–Trinajstić information content (AvgIpc) is 3.28. The summed E-state index contributed by atoms with van der Waals surface area (Å²) in [6, 6.07) is 0. The molecule has 4 heteroatoms. The van der Waals surface area contributed by atoms with Gasteiger partial charge in [0.2, 0.25) is 0 Å². The minimum atomic E-state index is -0.551. The number of unbranched alkanes of at least 4 members (excludes halogenated alkanes) is 11. The van der Waals surface area contributed by atoms with Crippen molar-refractivity contribution in [3.63, 3.8) is 0 Å². The lowest BCUT2D eigenvalue weighted by Crippen LogP contribution is -2.28. The van der Waals surface area contributed by atoms with Gasteiger partial charge in [0.25, 0.3) is 0 Å². The predicted octanol–water partition coefficient (Wildman–Crippen LogP) is 7.58. The molecule has 3 atom stereocenters. The molecule has 0 amide bonds. The number of rotatable bonds is 16. The summed E-state index contributed by atoms with van der Waals surface area (Å²) in [6.45, 7) is 9.92. The summed E-state index contributed by atoms with van der Waals surface area (Å²) in [7, 11) is 0. The molecule has 0 radical (unpaired) electrons. The summed E-state index contributed by atoms with van der Waals surface area (Å²) in [5.74, 6) is 0. The predicted molar refractivity (Wildman–Crippen MR) is 116 cm³/mol. The first-order valence-electron chi connectivity index (χ1n) is 11.9. The van der Waals surface area contributed by atoms with Crippen LogP contribution in [0.15, 0.2) is 0 Å². The molecule has 4 nitrogen and oxygen atoms in total. The van der Waals surface area contributed by atoms with Crippen molar-refractivity contribution in [1.29, 1.82) is 0 Å². The van der Waals surface area contributed by atoms with E-state index < -0.39 is 11.8 Å². The fourth-order valence-electron chi connectivity index (χ4n) is 3.58. The van der Waals surface area contributed by atoms with Crippen molar-refractivity contribution in [1.82, 2.24) is 0 Å². The Labute approximate surface area is 174 Å². The van der Waals surface area contributed by atoms with Gasteiger partial charge in [-0.15, -0.1) is 0 Å². The Morgan fingerprint density at radius 2 is 1.36 bits per heavy atom. The van der Waals surface area contributed by atoms with E-state index in [-0.39, 0.29) is 12.2 Å². The minimum Gasteiger partial charge on any atom is -0.431 e. The number of epoxide rings is 1. The van der Waals surface area contributed by atoms with E-state index in [1.807, 2.05) is 20.8 Å². The summed E-state index contributed by atoms with van der Waals surface area (Å²) in [5, 5.41) is 0. The van der Waals surface area contributed by atoms with Crippen molar-refractivity contribution in [2.75, 3.05) is 0 Å². The lowest BCUT2D eigenvalue weighted by atomic mass is 10.0. The van der Waals surface area contributed by atoms with Gasteiger partial charge in [-0.25, -0.2) is 4.79 Å². The molecule has 0 aromatic rings. The molecule has 0 aromatic heterocycles. The zero-order valence-electron chi connectivity index (χ0n) is 19.3. The van der Waals surface area contributed by atoms with Crippen LogP contribution in [0.1, 0.15) is 125 Å². The van der Waals surface area contributed by atoms with Gasteiger partial charge < -0.3 is 14.2 Å². The van der Waals surface area contributed by atoms with Crippen molar-refractivity contribution in [2.24, 2.45) is 0 Å². The Bertz CT molecular complexity index is 402. The van der Waals surface area contributed by atoms with E-state index in [1.54, 1.807) is 0 Å². The number of carbonyl (C=O) groups is 1. The lowest BCUT2D eigenvalue weighted by molar-refractivity contribution is -0.0314. The largest absolute Gasteiger partial charge is 0.509 e. The zero-order valence-corrected chi connectivity index (χ0v) is 19.3. The van der Waals surface area contributed by atoms with Crippen LogP contribution in [0.2, 0.25) is 0 Å². The highest BCUT2D eigenvalue weighted by atomic mass is 16.7. The third-order valence-corrected chi connectivity index (χ3v) is 5.36. The molecular formula is C24H46O4. The van der Waals surface area contributed by atoms with E-state index in [0.29, 0.717) is 6.10 Å². The number of carbonyl (C=O) groups excluding carboxylic acids is 1. The smallest absolute Gasteiger partial charge is 0.431 e. The van der Waals surface area contributed by atoms with Crippen LogP contribution in [0, 0.1) is 0 Å². The summed E-state index contributed by atoms with van der Waals surface area (Å²) in [6.07, 6.45) is 17.6. The van der Waals surface area contributed by atoms with Gasteiger partial charge in [-0.3, -0.25) is 0 Å². The molecule has 0 bridgehead atoms. The second-order valence-corrected chi connectivity index (χ2v) is 9.50. The maximum absolute atomic E-state index is 12.0. The second kappa shape index (κ2) is 14.3. The first-order chi connectivity index (χ1) is 13.3. The molecule has 1 saturated heterocycles. The van der Waals surface area contributed by atoms with Crippen LogP contribution in [0.5, 0.6) is 0 Å². The summed E-state index contributed by atoms with van der Waals surface area (Å²) in [5.41, 5.74) is -0.513. The highest BCUT2D eigenvalue weighted by Crippen LogP contribution is 2.29. The van der Waals surface area contributed by atoms with Crippen molar-refractivity contribution in [2.45, 2.75) is 148 Å². The Morgan fingerprint density at radius 1 is 0.893 bits per heavy atom. The molecule has 1 rings (SSSR count). The molecular weight excluding hydrogens is 352 g/mol. The van der Waals surface area contributed by atoms with Crippen LogP contribution >= 0.6 is 0 Å². The van der Waals surface area contributed by atoms with Gasteiger partial charge in [0.1, 0.15) is 11.7 Å². The van der Waals surface area contributed by atoms with Crippen LogP contribution < -0.4 is 0 Å². The molecule has 0 saturated carbocycles. The molecule has 0 aromatic carbocycles. The van der Waals surface area contributed by atoms with E-state index in [0.717, 1.165) is 19.3 Å². The van der Waals surface area contributed by atoms with E-state index in [4.69, 9.17) is 14.2 Å². The SMILES string of the molecule is CCCCCCCCCCCCCC[C@H](C[C@H]1O[C@H]1C)OC(=O)OC(C)(C)C. The molecule has 0 aliphatic carbocycles. The zero-order chi connectivity index (χ0) is 20.8. The van der Waals surface area contributed by atoms with Crippen LogP contribution in [0.3, 0.4) is 0 Å². The van der Waals surface area contributed by atoms with Gasteiger partial charge in [0.15, 0.2) is 0 Å². The molecule has 0 N–H and O–H groups in total. The van der Waals surface area contributed by atoms with Gasteiger partial charge in [-0.1, -0.05) is 77.6 Å². The minimum absolute atomic E-state index is 0.0899. The standard InChI is InChI=1S/C24H46O4/c1-6-7-8-9-10-11-12-13-14-15-16-17-18-21(19-22-20(2)26-22)27-23(25)28-24(3,4)5/h20-22H,6-19H2,1-5H3/t20-,21+,22+/m0/s1. The fraction of sp³-hybridized carbons (Fsp3) is 0.958. The van der Waals surface area contributed by atoms with Crippen molar-refractivity contribution >= 4 is 6.16 Å². The second-order valence-electron chi connectivity index (χ2n) is 9.50. The van der Waals surface area contributed by atoms with Gasteiger partial charge in [-0.05, 0) is 40.5 Å². The maximum Gasteiger partial charge on any atom is 0.509 e. The molecule has 166 valence electrons. The Balaban J connectivity index is 2.07. The number of hydrogen-bond acceptors (Lipinski definition) is 4. The van der Waals surface area contributed by atoms with E-state index in [2.05, 4.69) is 13.8 Å². The van der Waals surface area contributed by atoms with E-state index in [1.165, 1.54) is 70.6 Å². The normalized spacial score (nSPS) is 20.0. The Hall–Kier alpha value is -0.770.